The van der Waals surface area contributed by atoms with Crippen LogP contribution in [0.3, 0.4) is 0 Å². The van der Waals surface area contributed by atoms with Gasteiger partial charge in [0.2, 0.25) is 0 Å². The molecule has 120 valence electrons. The Balaban J connectivity index is 2.07. The molecule has 1 aromatic carbocycles. The Morgan fingerprint density at radius 2 is 1.91 bits per heavy atom. The van der Waals surface area contributed by atoms with Crippen molar-refractivity contribution in [3.63, 3.8) is 0 Å². The van der Waals surface area contributed by atoms with Crippen molar-refractivity contribution in [1.82, 2.24) is 9.38 Å². The van der Waals surface area contributed by atoms with E-state index in [1.807, 2.05) is 24.4 Å². The Kier molecular flexibility index (Phi) is 3.60. The number of nitrogens with one attached hydrogen (secondary N) is 1. The van der Waals surface area contributed by atoms with Gasteiger partial charge < -0.3 is 4.40 Å². The van der Waals surface area contributed by atoms with E-state index < -0.39 is 15.8 Å². The van der Waals surface area contributed by atoms with Crippen molar-refractivity contribution in [3.8, 4) is 0 Å². The molecule has 0 saturated carbocycles. The van der Waals surface area contributed by atoms with Gasteiger partial charge in [-0.15, -0.1) is 0 Å². The summed E-state index contributed by atoms with van der Waals surface area (Å²) in [6.45, 7) is 5.30. The summed E-state index contributed by atoms with van der Waals surface area (Å²) in [5, 5.41) is 0. The molecule has 0 unspecified atom stereocenters. The molecule has 3 aromatic rings. The fourth-order valence-electron chi connectivity index (χ4n) is 2.37. The Labute approximate surface area is 133 Å². The van der Waals surface area contributed by atoms with Crippen molar-refractivity contribution in [2.45, 2.75) is 25.7 Å². The molecule has 0 spiro atoms. The van der Waals surface area contributed by atoms with E-state index in [0.717, 1.165) is 17.5 Å². The lowest BCUT2D eigenvalue weighted by Gasteiger charge is -2.10. The van der Waals surface area contributed by atoms with E-state index in [9.17, 15) is 12.8 Å². The molecular formula is C16H16FN3O2S. The van der Waals surface area contributed by atoms with E-state index in [2.05, 4.69) is 9.71 Å². The zero-order valence-corrected chi connectivity index (χ0v) is 13.8. The number of halogens is 1. The molecule has 0 aliphatic heterocycles. The highest BCUT2D eigenvalue weighted by Gasteiger charge is 2.18. The number of hydrogen-bond donors (Lipinski definition) is 1. The van der Waals surface area contributed by atoms with E-state index in [0.29, 0.717) is 11.3 Å². The minimum absolute atomic E-state index is 0.0124. The first-order chi connectivity index (χ1) is 10.8. The largest absolute Gasteiger partial charge is 0.302 e. The maximum Gasteiger partial charge on any atom is 0.262 e. The van der Waals surface area contributed by atoms with Crippen LogP contribution in [0.15, 0.2) is 41.4 Å². The van der Waals surface area contributed by atoms with Gasteiger partial charge in [-0.3, -0.25) is 4.72 Å². The molecule has 0 bridgehead atoms. The van der Waals surface area contributed by atoms with Crippen LogP contribution in [0, 0.1) is 26.6 Å². The van der Waals surface area contributed by atoms with E-state index in [1.54, 1.807) is 12.1 Å². The molecule has 0 atom stereocenters. The first kappa shape index (κ1) is 15.5. The van der Waals surface area contributed by atoms with Crippen molar-refractivity contribution < 1.29 is 12.8 Å². The van der Waals surface area contributed by atoms with Crippen LogP contribution in [-0.4, -0.2) is 17.8 Å². The SMILES string of the molecule is Cc1cc(S(=O)(=O)Nc2cccn3c(C)c(C)nc23)ccc1F. The first-order valence-corrected chi connectivity index (χ1v) is 8.51. The number of nitrogens with zero attached hydrogens (tertiary/aromatic N) is 2. The Hall–Kier alpha value is -2.41. The number of sulfonamides is 1. The van der Waals surface area contributed by atoms with E-state index in [-0.39, 0.29) is 10.5 Å². The predicted molar refractivity (Wildman–Crippen MR) is 86.6 cm³/mol. The fraction of sp³-hybridized carbons (Fsp3) is 0.188. The first-order valence-electron chi connectivity index (χ1n) is 7.03. The van der Waals surface area contributed by atoms with Gasteiger partial charge in [0.05, 0.1) is 16.3 Å². The van der Waals surface area contributed by atoms with Gasteiger partial charge in [0.1, 0.15) is 5.82 Å². The van der Waals surface area contributed by atoms with Gasteiger partial charge in [0.25, 0.3) is 10.0 Å². The highest BCUT2D eigenvalue weighted by Crippen LogP contribution is 2.23. The van der Waals surface area contributed by atoms with Crippen molar-refractivity contribution >= 4 is 21.4 Å². The number of fused-ring (bicyclic) bond motifs is 1. The molecular weight excluding hydrogens is 317 g/mol. The van der Waals surface area contributed by atoms with Gasteiger partial charge in [-0.2, -0.15) is 0 Å². The molecule has 0 saturated heterocycles. The molecule has 1 N–H and O–H groups in total. The lowest BCUT2D eigenvalue weighted by Crippen LogP contribution is -2.14. The second-order valence-electron chi connectivity index (χ2n) is 5.41. The van der Waals surface area contributed by atoms with Crippen molar-refractivity contribution in [3.05, 3.63) is 59.3 Å². The topological polar surface area (TPSA) is 63.5 Å². The molecule has 3 rings (SSSR count). The maximum atomic E-state index is 13.3. The zero-order valence-electron chi connectivity index (χ0n) is 13.0. The van der Waals surface area contributed by atoms with Crippen LogP contribution < -0.4 is 4.72 Å². The Morgan fingerprint density at radius 3 is 2.61 bits per heavy atom. The molecule has 23 heavy (non-hydrogen) atoms. The zero-order chi connectivity index (χ0) is 16.8. The third-order valence-electron chi connectivity index (χ3n) is 3.81. The molecule has 0 amide bonds. The number of benzene rings is 1. The fourth-order valence-corrected chi connectivity index (χ4v) is 3.51. The van der Waals surface area contributed by atoms with E-state index in [1.165, 1.54) is 19.1 Å². The van der Waals surface area contributed by atoms with Crippen molar-refractivity contribution in [1.29, 1.82) is 0 Å². The van der Waals surface area contributed by atoms with E-state index in [4.69, 9.17) is 0 Å². The number of aryl methyl sites for hydroxylation is 3. The van der Waals surface area contributed by atoms with Gasteiger partial charge in [-0.05, 0) is 56.7 Å². The number of aromatic nitrogens is 2. The molecule has 2 aromatic heterocycles. The van der Waals surface area contributed by atoms with Crippen LogP contribution >= 0.6 is 0 Å². The summed E-state index contributed by atoms with van der Waals surface area (Å²) >= 11 is 0. The van der Waals surface area contributed by atoms with Crippen molar-refractivity contribution in [2.75, 3.05) is 4.72 Å². The summed E-state index contributed by atoms with van der Waals surface area (Å²) in [7, 11) is -3.82. The summed E-state index contributed by atoms with van der Waals surface area (Å²) in [6, 6.07) is 7.09. The molecule has 0 radical (unpaired) electrons. The van der Waals surface area contributed by atoms with Gasteiger partial charge in [-0.25, -0.2) is 17.8 Å². The van der Waals surface area contributed by atoms with Crippen molar-refractivity contribution in [2.24, 2.45) is 0 Å². The summed E-state index contributed by atoms with van der Waals surface area (Å²) < 4.78 is 42.8. The number of rotatable bonds is 3. The second-order valence-corrected chi connectivity index (χ2v) is 7.10. The van der Waals surface area contributed by atoms with Gasteiger partial charge in [-0.1, -0.05) is 0 Å². The van der Waals surface area contributed by atoms with Crippen LogP contribution in [0.25, 0.3) is 5.65 Å². The molecule has 5 nitrogen and oxygen atoms in total. The minimum Gasteiger partial charge on any atom is -0.302 e. The second kappa shape index (κ2) is 5.34. The quantitative estimate of drug-likeness (QED) is 0.800. The molecule has 0 aliphatic rings. The Bertz CT molecular complexity index is 1010. The Morgan fingerprint density at radius 1 is 1.17 bits per heavy atom. The maximum absolute atomic E-state index is 13.3. The summed E-state index contributed by atoms with van der Waals surface area (Å²) in [5.74, 6) is -0.439. The van der Waals surface area contributed by atoms with Crippen LogP contribution in [-0.2, 0) is 10.0 Å². The molecule has 0 aliphatic carbocycles. The average molecular weight is 333 g/mol. The minimum atomic E-state index is -3.82. The number of pyridine rings is 1. The normalized spacial score (nSPS) is 11.8. The third-order valence-corrected chi connectivity index (χ3v) is 5.17. The monoisotopic (exact) mass is 333 g/mol. The smallest absolute Gasteiger partial charge is 0.262 e. The van der Waals surface area contributed by atoms with Gasteiger partial charge in [0, 0.05) is 11.9 Å². The molecule has 0 fully saturated rings. The number of anilines is 1. The summed E-state index contributed by atoms with van der Waals surface area (Å²) in [5.41, 5.74) is 2.96. The van der Waals surface area contributed by atoms with Gasteiger partial charge in [0.15, 0.2) is 5.65 Å². The number of imidazole rings is 1. The summed E-state index contributed by atoms with van der Waals surface area (Å²) in [6.07, 6.45) is 1.82. The third kappa shape index (κ3) is 2.68. The van der Waals surface area contributed by atoms with Crippen LogP contribution in [0.2, 0.25) is 0 Å². The summed E-state index contributed by atoms with van der Waals surface area (Å²) in [4.78, 5) is 4.41. The van der Waals surface area contributed by atoms with E-state index >= 15 is 0 Å². The van der Waals surface area contributed by atoms with Crippen LogP contribution in [0.4, 0.5) is 10.1 Å². The number of hydrogen-bond acceptors (Lipinski definition) is 3. The highest BCUT2D eigenvalue weighted by molar-refractivity contribution is 7.92. The van der Waals surface area contributed by atoms with Crippen LogP contribution in [0.5, 0.6) is 0 Å². The molecule has 7 heteroatoms. The lowest BCUT2D eigenvalue weighted by atomic mass is 10.2. The molecule has 2 heterocycles. The van der Waals surface area contributed by atoms with Crippen LogP contribution in [0.1, 0.15) is 17.0 Å². The highest BCUT2D eigenvalue weighted by atomic mass is 32.2. The average Bonchev–Trinajstić information content (AvgIpc) is 2.78. The predicted octanol–water partition coefficient (Wildman–Crippen LogP) is 3.20. The van der Waals surface area contributed by atoms with Gasteiger partial charge >= 0.3 is 0 Å². The standard InChI is InChI=1S/C16H16FN3O2S/c1-10-9-13(6-7-14(10)17)23(21,22)19-15-5-4-8-20-12(3)11(2)18-16(15)20/h4-9,19H,1-3H3. The lowest BCUT2D eigenvalue weighted by molar-refractivity contribution is 0.598.